The Hall–Kier alpha value is -2.18. The van der Waals surface area contributed by atoms with Gasteiger partial charge >= 0.3 is 0 Å². The number of amides is 2. The molecule has 0 spiro atoms. The zero-order chi connectivity index (χ0) is 20.2. The van der Waals surface area contributed by atoms with Gasteiger partial charge in [-0.05, 0) is 61.8 Å². The van der Waals surface area contributed by atoms with Gasteiger partial charge in [-0.1, -0.05) is 25.1 Å². The maximum atomic E-state index is 12.7. The molecule has 6 heteroatoms. The van der Waals surface area contributed by atoms with Gasteiger partial charge in [0.25, 0.3) is 5.91 Å². The minimum atomic E-state index is 0.0112. The van der Waals surface area contributed by atoms with Crippen LogP contribution in [0.1, 0.15) is 46.3 Å². The molecular formula is C23H29N3O2S. The first-order chi connectivity index (χ1) is 14.1. The van der Waals surface area contributed by atoms with Crippen LogP contribution in [0.25, 0.3) is 0 Å². The largest absolute Gasteiger partial charge is 0.349 e. The lowest BCUT2D eigenvalue weighted by Gasteiger charge is -2.31. The van der Waals surface area contributed by atoms with Crippen LogP contribution in [0.5, 0.6) is 0 Å². The molecule has 1 unspecified atom stereocenters. The van der Waals surface area contributed by atoms with Crippen LogP contribution >= 0.6 is 11.3 Å². The van der Waals surface area contributed by atoms with Gasteiger partial charge in [0.05, 0.1) is 11.4 Å². The molecule has 2 N–H and O–H groups in total. The first-order valence-electron chi connectivity index (χ1n) is 10.6. The molecule has 1 fully saturated rings. The van der Waals surface area contributed by atoms with Gasteiger partial charge in [-0.3, -0.25) is 14.5 Å². The van der Waals surface area contributed by atoms with E-state index in [0.717, 1.165) is 55.3 Å². The van der Waals surface area contributed by atoms with Crippen LogP contribution in [0.15, 0.2) is 36.4 Å². The predicted molar refractivity (Wildman–Crippen MR) is 118 cm³/mol. The van der Waals surface area contributed by atoms with Crippen molar-refractivity contribution in [2.24, 2.45) is 5.92 Å². The number of likely N-dealkylation sites (tertiary alicyclic amines) is 1. The van der Waals surface area contributed by atoms with Crippen molar-refractivity contribution in [3.05, 3.63) is 51.7 Å². The van der Waals surface area contributed by atoms with Gasteiger partial charge in [0.1, 0.15) is 0 Å². The molecule has 1 aliphatic heterocycles. The first kappa shape index (κ1) is 20.1. The van der Waals surface area contributed by atoms with Crippen molar-refractivity contribution in [2.45, 2.75) is 45.1 Å². The van der Waals surface area contributed by atoms with E-state index in [2.05, 4.69) is 28.5 Å². The number of carbonyl (C=O) groups is 2. The number of para-hydroxylation sites is 1. The lowest BCUT2D eigenvalue weighted by Crippen LogP contribution is -2.46. The quantitative estimate of drug-likeness (QED) is 0.789. The summed E-state index contributed by atoms with van der Waals surface area (Å²) in [6.45, 7) is 4.33. The van der Waals surface area contributed by atoms with Gasteiger partial charge < -0.3 is 10.6 Å². The van der Waals surface area contributed by atoms with Crippen LogP contribution in [0.3, 0.4) is 0 Å². The maximum absolute atomic E-state index is 12.7. The molecule has 5 nitrogen and oxygen atoms in total. The van der Waals surface area contributed by atoms with E-state index < -0.39 is 0 Å². The second kappa shape index (κ2) is 9.09. The van der Waals surface area contributed by atoms with E-state index in [9.17, 15) is 9.59 Å². The average Bonchev–Trinajstić information content (AvgIpc) is 3.13. The fourth-order valence-corrected chi connectivity index (χ4v) is 5.35. The van der Waals surface area contributed by atoms with Crippen molar-refractivity contribution in [2.75, 3.05) is 25.0 Å². The van der Waals surface area contributed by atoms with E-state index in [1.807, 2.05) is 30.3 Å². The number of carbonyl (C=O) groups excluding carboxylic acids is 2. The highest BCUT2D eigenvalue weighted by atomic mass is 32.1. The molecule has 1 aromatic heterocycles. The van der Waals surface area contributed by atoms with Crippen LogP contribution in [-0.4, -0.2) is 42.4 Å². The number of nitrogens with one attached hydrogen (secondary N) is 2. The molecule has 4 rings (SSSR count). The number of anilines is 1. The zero-order valence-electron chi connectivity index (χ0n) is 16.9. The minimum Gasteiger partial charge on any atom is -0.349 e. The molecule has 2 aliphatic rings. The Balaban J connectivity index is 1.23. The maximum Gasteiger partial charge on any atom is 0.261 e. The summed E-state index contributed by atoms with van der Waals surface area (Å²) in [7, 11) is 0. The highest BCUT2D eigenvalue weighted by molar-refractivity contribution is 7.14. The number of rotatable bonds is 5. The summed E-state index contributed by atoms with van der Waals surface area (Å²) in [6, 6.07) is 11.8. The smallest absolute Gasteiger partial charge is 0.261 e. The summed E-state index contributed by atoms with van der Waals surface area (Å²) in [5, 5.41) is 6.15. The third kappa shape index (κ3) is 5.25. The van der Waals surface area contributed by atoms with E-state index in [1.165, 1.54) is 16.9 Å². The molecule has 2 aromatic rings. The Morgan fingerprint density at radius 3 is 2.66 bits per heavy atom. The van der Waals surface area contributed by atoms with Gasteiger partial charge in [-0.15, -0.1) is 11.3 Å². The number of piperidine rings is 1. The van der Waals surface area contributed by atoms with Crippen molar-refractivity contribution in [3.63, 3.8) is 0 Å². The van der Waals surface area contributed by atoms with Crippen molar-refractivity contribution in [3.8, 4) is 0 Å². The number of hydrogen-bond acceptors (Lipinski definition) is 4. The molecule has 2 heterocycles. The van der Waals surface area contributed by atoms with E-state index in [-0.39, 0.29) is 17.9 Å². The fraction of sp³-hybridized carbons (Fsp3) is 0.478. The lowest BCUT2D eigenvalue weighted by atomic mass is 9.90. The Morgan fingerprint density at radius 2 is 1.90 bits per heavy atom. The van der Waals surface area contributed by atoms with Gasteiger partial charge in [0, 0.05) is 29.7 Å². The molecule has 0 radical (unpaired) electrons. The molecule has 0 bridgehead atoms. The number of aryl methyl sites for hydroxylation is 1. The summed E-state index contributed by atoms with van der Waals surface area (Å²) in [6.07, 6.45) is 5.20. The molecule has 29 heavy (non-hydrogen) atoms. The zero-order valence-corrected chi connectivity index (χ0v) is 17.8. The SMILES string of the molecule is CC1CCc2sc(C(=O)NC3CCN(CC(=O)Nc4ccccc4)CC3)cc2C1. The molecular weight excluding hydrogens is 382 g/mol. The highest BCUT2D eigenvalue weighted by Crippen LogP contribution is 2.32. The summed E-state index contributed by atoms with van der Waals surface area (Å²) in [4.78, 5) is 29.3. The number of nitrogens with zero attached hydrogens (tertiary/aromatic N) is 1. The number of thiophene rings is 1. The monoisotopic (exact) mass is 411 g/mol. The van der Waals surface area contributed by atoms with Crippen LogP contribution < -0.4 is 10.6 Å². The number of benzene rings is 1. The van der Waals surface area contributed by atoms with Crippen LogP contribution in [0.4, 0.5) is 5.69 Å². The molecule has 1 aliphatic carbocycles. The number of fused-ring (bicyclic) bond motifs is 1. The van der Waals surface area contributed by atoms with Crippen molar-refractivity contribution >= 4 is 28.8 Å². The van der Waals surface area contributed by atoms with Gasteiger partial charge in [-0.2, -0.15) is 0 Å². The van der Waals surface area contributed by atoms with Gasteiger partial charge in [0.15, 0.2) is 0 Å². The van der Waals surface area contributed by atoms with E-state index in [4.69, 9.17) is 0 Å². The lowest BCUT2D eigenvalue weighted by molar-refractivity contribution is -0.117. The van der Waals surface area contributed by atoms with Gasteiger partial charge in [0.2, 0.25) is 5.91 Å². The molecule has 154 valence electrons. The third-order valence-electron chi connectivity index (χ3n) is 5.90. The van der Waals surface area contributed by atoms with E-state index >= 15 is 0 Å². The fourth-order valence-electron chi connectivity index (χ4n) is 4.23. The summed E-state index contributed by atoms with van der Waals surface area (Å²) in [5.41, 5.74) is 2.20. The van der Waals surface area contributed by atoms with E-state index in [1.54, 1.807) is 11.3 Å². The van der Waals surface area contributed by atoms with Crippen LogP contribution in [-0.2, 0) is 17.6 Å². The third-order valence-corrected chi connectivity index (χ3v) is 7.14. The average molecular weight is 412 g/mol. The first-order valence-corrected chi connectivity index (χ1v) is 11.4. The highest BCUT2D eigenvalue weighted by Gasteiger charge is 2.25. The van der Waals surface area contributed by atoms with Crippen LogP contribution in [0.2, 0.25) is 0 Å². The summed E-state index contributed by atoms with van der Waals surface area (Å²) in [5.74, 6) is 0.797. The Labute approximate surface area is 176 Å². The summed E-state index contributed by atoms with van der Waals surface area (Å²) < 4.78 is 0. The van der Waals surface area contributed by atoms with Crippen LogP contribution in [0, 0.1) is 5.92 Å². The molecule has 2 amide bonds. The van der Waals surface area contributed by atoms with Crippen molar-refractivity contribution in [1.82, 2.24) is 10.2 Å². The topological polar surface area (TPSA) is 61.4 Å². The second-order valence-corrected chi connectivity index (χ2v) is 9.48. The molecule has 1 saturated heterocycles. The molecule has 0 saturated carbocycles. The normalized spacial score (nSPS) is 20.1. The Kier molecular flexibility index (Phi) is 6.31. The number of hydrogen-bond donors (Lipinski definition) is 2. The molecule has 1 atom stereocenters. The van der Waals surface area contributed by atoms with Crippen molar-refractivity contribution < 1.29 is 9.59 Å². The molecule has 1 aromatic carbocycles. The van der Waals surface area contributed by atoms with Crippen molar-refractivity contribution in [1.29, 1.82) is 0 Å². The second-order valence-electron chi connectivity index (χ2n) is 8.35. The Bertz CT molecular complexity index is 856. The summed E-state index contributed by atoms with van der Waals surface area (Å²) >= 11 is 1.67. The van der Waals surface area contributed by atoms with E-state index in [0.29, 0.717) is 6.54 Å². The minimum absolute atomic E-state index is 0.0112. The van der Waals surface area contributed by atoms with Gasteiger partial charge in [-0.25, -0.2) is 0 Å². The predicted octanol–water partition coefficient (Wildman–Crippen LogP) is 3.71. The Morgan fingerprint density at radius 1 is 1.14 bits per heavy atom. The standard InChI is InChI=1S/C23H29N3O2S/c1-16-7-8-20-17(13-16)14-21(29-20)23(28)25-19-9-11-26(12-10-19)15-22(27)24-18-5-3-2-4-6-18/h2-6,14,16,19H,7-13,15H2,1H3,(H,24,27)(H,25,28).